The first-order valence-electron chi connectivity index (χ1n) is 8.07. The number of nitrogens with zero attached hydrogens (tertiary/aromatic N) is 1. The van der Waals surface area contributed by atoms with E-state index in [1.165, 1.54) is 57.8 Å². The molecule has 0 saturated heterocycles. The van der Waals surface area contributed by atoms with Crippen LogP contribution in [0.4, 0.5) is 0 Å². The number of amides is 1. The van der Waals surface area contributed by atoms with Gasteiger partial charge in [0.1, 0.15) is 0 Å². The number of hydrogen-bond donors (Lipinski definition) is 1. The molecule has 0 radical (unpaired) electrons. The van der Waals surface area contributed by atoms with Gasteiger partial charge in [0.15, 0.2) is 0 Å². The van der Waals surface area contributed by atoms with Crippen LogP contribution >= 0.6 is 0 Å². The van der Waals surface area contributed by atoms with Gasteiger partial charge in [-0.2, -0.15) is 0 Å². The van der Waals surface area contributed by atoms with E-state index in [9.17, 15) is 4.79 Å². The summed E-state index contributed by atoms with van der Waals surface area (Å²) in [4.78, 5) is 13.1. The normalized spacial score (nSPS) is 10.7. The average Bonchev–Trinajstić information content (AvgIpc) is 2.41. The van der Waals surface area contributed by atoms with E-state index in [0.29, 0.717) is 0 Å². The van der Waals surface area contributed by atoms with Gasteiger partial charge in [-0.15, -0.1) is 0 Å². The third-order valence-electron chi connectivity index (χ3n) is 3.60. The zero-order valence-electron chi connectivity index (χ0n) is 13.0. The topological polar surface area (TPSA) is 40.5 Å². The highest BCUT2D eigenvalue weighted by Crippen LogP contribution is 2.10. The summed E-state index contributed by atoms with van der Waals surface area (Å²) in [6.45, 7) is 3.04. The number of unbranched alkanes of at least 4 members (excludes halogenated alkanes) is 9. The van der Waals surface area contributed by atoms with Crippen molar-refractivity contribution < 1.29 is 9.90 Å². The molecule has 1 amide bonds. The number of carbonyl (C=O) groups is 1. The van der Waals surface area contributed by atoms with Gasteiger partial charge >= 0.3 is 0 Å². The molecule has 0 bridgehead atoms. The van der Waals surface area contributed by atoms with Crippen molar-refractivity contribution in [3.05, 3.63) is 0 Å². The lowest BCUT2D eigenvalue weighted by Gasteiger charge is -2.16. The molecule has 3 nitrogen and oxygen atoms in total. The second kappa shape index (κ2) is 13.9. The number of carbonyl (C=O) groups excluding carboxylic acids is 1. The predicted octanol–water partition coefficient (Wildman–Crippen LogP) is 3.75. The lowest BCUT2D eigenvalue weighted by Crippen LogP contribution is -2.28. The summed E-state index contributed by atoms with van der Waals surface area (Å²) >= 11 is 0. The van der Waals surface area contributed by atoms with Gasteiger partial charge in [-0.25, -0.2) is 0 Å². The van der Waals surface area contributed by atoms with Crippen LogP contribution in [0.25, 0.3) is 0 Å². The Labute approximate surface area is 119 Å². The molecule has 0 spiro atoms. The second-order valence-corrected chi connectivity index (χ2v) is 5.47. The molecule has 0 aliphatic rings. The summed E-state index contributed by atoms with van der Waals surface area (Å²) in [7, 11) is 1.83. The van der Waals surface area contributed by atoms with Crippen LogP contribution in [0.5, 0.6) is 0 Å². The third kappa shape index (κ3) is 12.2. The van der Waals surface area contributed by atoms with Crippen LogP contribution in [0, 0.1) is 0 Å². The number of aliphatic hydroxyl groups excluding tert-OH is 1. The first kappa shape index (κ1) is 18.4. The van der Waals surface area contributed by atoms with Crippen LogP contribution in [0.2, 0.25) is 0 Å². The van der Waals surface area contributed by atoms with Crippen LogP contribution in [0.15, 0.2) is 0 Å². The lowest BCUT2D eigenvalue weighted by atomic mass is 10.1. The minimum absolute atomic E-state index is 0.0405. The Kier molecular flexibility index (Phi) is 13.4. The van der Waals surface area contributed by atoms with Crippen molar-refractivity contribution in [3.8, 4) is 0 Å². The van der Waals surface area contributed by atoms with Gasteiger partial charge in [0.2, 0.25) is 5.91 Å². The second-order valence-electron chi connectivity index (χ2n) is 5.47. The van der Waals surface area contributed by atoms with Crippen molar-refractivity contribution in [1.82, 2.24) is 4.90 Å². The largest absolute Gasteiger partial charge is 0.396 e. The van der Waals surface area contributed by atoms with Gasteiger partial charge in [-0.3, -0.25) is 4.79 Å². The van der Waals surface area contributed by atoms with Crippen molar-refractivity contribution in [1.29, 1.82) is 0 Å². The summed E-state index contributed by atoms with van der Waals surface area (Å²) in [6.07, 6.45) is 13.4. The predicted molar refractivity (Wildman–Crippen MR) is 81.2 cm³/mol. The van der Waals surface area contributed by atoms with Crippen molar-refractivity contribution in [2.24, 2.45) is 0 Å². The van der Waals surface area contributed by atoms with E-state index in [1.807, 2.05) is 7.05 Å². The SMILES string of the molecule is CCCCCCCCCCCCN(C)C(=O)CCO. The van der Waals surface area contributed by atoms with Gasteiger partial charge in [0.05, 0.1) is 6.61 Å². The first-order valence-corrected chi connectivity index (χ1v) is 8.07. The minimum Gasteiger partial charge on any atom is -0.396 e. The molecular formula is C16H33NO2. The monoisotopic (exact) mass is 271 g/mol. The van der Waals surface area contributed by atoms with Gasteiger partial charge in [-0.1, -0.05) is 64.7 Å². The zero-order valence-corrected chi connectivity index (χ0v) is 13.0. The van der Waals surface area contributed by atoms with Gasteiger partial charge in [0, 0.05) is 20.0 Å². The molecule has 0 atom stereocenters. The summed E-state index contributed by atoms with van der Waals surface area (Å²) in [5, 5.41) is 8.68. The van der Waals surface area contributed by atoms with Gasteiger partial charge in [-0.05, 0) is 6.42 Å². The summed E-state index contributed by atoms with van der Waals surface area (Å²) in [5.74, 6) is 0.0541. The Bertz CT molecular complexity index is 207. The number of rotatable bonds is 13. The zero-order chi connectivity index (χ0) is 14.3. The summed E-state index contributed by atoms with van der Waals surface area (Å²) in [6, 6.07) is 0. The maximum Gasteiger partial charge on any atom is 0.224 e. The van der Waals surface area contributed by atoms with Crippen LogP contribution in [-0.2, 0) is 4.79 Å². The standard InChI is InChI=1S/C16H33NO2/c1-3-4-5-6-7-8-9-10-11-12-14-17(2)16(19)13-15-18/h18H,3-15H2,1-2H3. The molecule has 1 N–H and O–H groups in total. The van der Waals surface area contributed by atoms with Crippen molar-refractivity contribution in [3.63, 3.8) is 0 Å². The van der Waals surface area contributed by atoms with Gasteiger partial charge in [0.25, 0.3) is 0 Å². The maximum absolute atomic E-state index is 11.4. The smallest absolute Gasteiger partial charge is 0.224 e. The van der Waals surface area contributed by atoms with E-state index in [4.69, 9.17) is 5.11 Å². The molecule has 0 aliphatic heterocycles. The van der Waals surface area contributed by atoms with Crippen LogP contribution in [-0.4, -0.2) is 36.1 Å². The molecule has 0 fully saturated rings. The average molecular weight is 271 g/mol. The first-order chi connectivity index (χ1) is 9.22. The fraction of sp³-hybridized carbons (Fsp3) is 0.938. The molecule has 0 aromatic carbocycles. The molecule has 0 saturated carbocycles. The number of aliphatic hydroxyl groups is 1. The Hall–Kier alpha value is -0.570. The molecule has 0 aromatic heterocycles. The Balaban J connectivity index is 3.20. The minimum atomic E-state index is -0.0405. The van der Waals surface area contributed by atoms with E-state index in [0.717, 1.165) is 13.0 Å². The highest BCUT2D eigenvalue weighted by molar-refractivity contribution is 5.75. The Morgan fingerprint density at radius 2 is 1.37 bits per heavy atom. The molecule has 0 aromatic rings. The van der Waals surface area contributed by atoms with Crippen LogP contribution in [0.1, 0.15) is 77.6 Å². The van der Waals surface area contributed by atoms with E-state index >= 15 is 0 Å². The molecule has 3 heteroatoms. The van der Waals surface area contributed by atoms with Crippen molar-refractivity contribution in [2.75, 3.05) is 20.2 Å². The van der Waals surface area contributed by atoms with E-state index in [-0.39, 0.29) is 18.9 Å². The molecular weight excluding hydrogens is 238 g/mol. The van der Waals surface area contributed by atoms with Crippen molar-refractivity contribution in [2.45, 2.75) is 77.6 Å². The maximum atomic E-state index is 11.4. The summed E-state index contributed by atoms with van der Waals surface area (Å²) < 4.78 is 0. The van der Waals surface area contributed by atoms with E-state index < -0.39 is 0 Å². The Morgan fingerprint density at radius 3 is 1.84 bits per heavy atom. The fourth-order valence-electron chi connectivity index (χ4n) is 2.25. The van der Waals surface area contributed by atoms with Crippen molar-refractivity contribution >= 4 is 5.91 Å². The van der Waals surface area contributed by atoms with E-state index in [2.05, 4.69) is 6.92 Å². The molecule has 0 unspecified atom stereocenters. The van der Waals surface area contributed by atoms with Crippen LogP contribution < -0.4 is 0 Å². The third-order valence-corrected chi connectivity index (χ3v) is 3.60. The fourth-order valence-corrected chi connectivity index (χ4v) is 2.25. The molecule has 0 aliphatic carbocycles. The quantitative estimate of drug-likeness (QED) is 0.518. The highest BCUT2D eigenvalue weighted by Gasteiger charge is 2.06. The lowest BCUT2D eigenvalue weighted by molar-refractivity contribution is -0.130. The highest BCUT2D eigenvalue weighted by atomic mass is 16.3. The van der Waals surface area contributed by atoms with E-state index in [1.54, 1.807) is 4.90 Å². The number of hydrogen-bond acceptors (Lipinski definition) is 2. The Morgan fingerprint density at radius 1 is 0.895 bits per heavy atom. The summed E-state index contributed by atoms with van der Waals surface area (Å²) in [5.41, 5.74) is 0. The molecule has 0 heterocycles. The van der Waals surface area contributed by atoms with Gasteiger partial charge < -0.3 is 10.0 Å². The molecule has 19 heavy (non-hydrogen) atoms. The van der Waals surface area contributed by atoms with Crippen LogP contribution in [0.3, 0.4) is 0 Å². The molecule has 0 rings (SSSR count). The molecule has 114 valence electrons.